The Labute approximate surface area is 172 Å². The van der Waals surface area contributed by atoms with E-state index in [4.69, 9.17) is 21.4 Å². The number of ether oxygens (including phenoxy) is 1. The van der Waals surface area contributed by atoms with Gasteiger partial charge in [0.05, 0.1) is 26.3 Å². The Morgan fingerprint density at radius 1 is 1.21 bits per heavy atom. The second kappa shape index (κ2) is 9.85. The predicted octanol–water partition coefficient (Wildman–Crippen LogP) is 2.43. The molecule has 0 aliphatic heterocycles. The first-order valence-electron chi connectivity index (χ1n) is 8.92. The number of carbonyl (C=O) groups excluding carboxylic acids is 1. The Balaban J connectivity index is 1.75. The number of urea groups is 1. The van der Waals surface area contributed by atoms with E-state index in [1.807, 2.05) is 24.3 Å². The van der Waals surface area contributed by atoms with Crippen molar-refractivity contribution < 1.29 is 14.6 Å². The Morgan fingerprint density at radius 3 is 2.59 bits per heavy atom. The van der Waals surface area contributed by atoms with Gasteiger partial charge in [-0.1, -0.05) is 23.7 Å². The normalized spacial score (nSPS) is 11.7. The van der Waals surface area contributed by atoms with Crippen LogP contribution < -0.4 is 15.4 Å². The molecule has 9 nitrogen and oxygen atoms in total. The van der Waals surface area contributed by atoms with Gasteiger partial charge >= 0.3 is 6.03 Å². The third kappa shape index (κ3) is 5.90. The highest BCUT2D eigenvalue weighted by molar-refractivity contribution is 6.30. The van der Waals surface area contributed by atoms with Crippen LogP contribution in [-0.4, -0.2) is 45.1 Å². The summed E-state index contributed by atoms with van der Waals surface area (Å²) in [5.41, 5.74) is 1.56. The Morgan fingerprint density at radius 2 is 1.93 bits per heavy atom. The fourth-order valence-electron chi connectivity index (χ4n) is 2.64. The smallest absolute Gasteiger partial charge is 0.319 e. The van der Waals surface area contributed by atoms with Crippen molar-refractivity contribution in [3.8, 4) is 5.75 Å². The lowest BCUT2D eigenvalue weighted by atomic mass is 10.1. The highest BCUT2D eigenvalue weighted by atomic mass is 35.5. The molecule has 152 valence electrons. The van der Waals surface area contributed by atoms with Gasteiger partial charge < -0.3 is 20.5 Å². The standard InChI is InChI=1S/C19H21ClN6O3/c1-29-16-8-2-13(3-9-16)12-17(18-23-25-26(24-18)10-11-27)22-19(28)21-15-6-4-14(20)5-7-15/h2-9,17,27H,10-12H2,1H3,(H2,21,22,28)/t17-/m0/s1. The van der Waals surface area contributed by atoms with Crippen LogP contribution in [0.4, 0.5) is 10.5 Å². The molecule has 1 aromatic heterocycles. The minimum absolute atomic E-state index is 0.108. The SMILES string of the molecule is COc1ccc(C[C@H](NC(=O)Nc2ccc(Cl)cc2)c2nnn(CCO)n2)cc1. The van der Waals surface area contributed by atoms with Crippen LogP contribution in [0.3, 0.4) is 0 Å². The highest BCUT2D eigenvalue weighted by Crippen LogP contribution is 2.19. The van der Waals surface area contributed by atoms with E-state index in [2.05, 4.69) is 26.0 Å². The number of aliphatic hydroxyl groups is 1. The van der Waals surface area contributed by atoms with Crippen molar-refractivity contribution in [2.75, 3.05) is 19.0 Å². The third-order valence-electron chi connectivity index (χ3n) is 4.09. The van der Waals surface area contributed by atoms with Crippen molar-refractivity contribution in [3.63, 3.8) is 0 Å². The molecule has 0 unspecified atom stereocenters. The van der Waals surface area contributed by atoms with Gasteiger partial charge in [0.2, 0.25) is 0 Å². The quantitative estimate of drug-likeness (QED) is 0.519. The molecule has 0 saturated carbocycles. The molecule has 0 fully saturated rings. The average molecular weight is 417 g/mol. The number of halogens is 1. The van der Waals surface area contributed by atoms with Crippen molar-refractivity contribution in [2.24, 2.45) is 0 Å². The molecule has 0 spiro atoms. The van der Waals surface area contributed by atoms with E-state index in [-0.39, 0.29) is 13.2 Å². The van der Waals surface area contributed by atoms with Crippen LogP contribution >= 0.6 is 11.6 Å². The number of aliphatic hydroxyl groups excluding tert-OH is 1. The van der Waals surface area contributed by atoms with Crippen LogP contribution in [-0.2, 0) is 13.0 Å². The minimum Gasteiger partial charge on any atom is -0.497 e. The first kappa shape index (κ1) is 20.6. The molecule has 0 radical (unpaired) electrons. The fraction of sp³-hybridized carbons (Fsp3) is 0.263. The van der Waals surface area contributed by atoms with Crippen LogP contribution in [0.5, 0.6) is 5.75 Å². The lowest BCUT2D eigenvalue weighted by Crippen LogP contribution is -2.34. The van der Waals surface area contributed by atoms with Gasteiger partial charge in [0.1, 0.15) is 5.75 Å². The summed E-state index contributed by atoms with van der Waals surface area (Å²) >= 11 is 5.87. The first-order chi connectivity index (χ1) is 14.1. The first-order valence-corrected chi connectivity index (χ1v) is 9.29. The van der Waals surface area contributed by atoms with E-state index in [9.17, 15) is 4.79 Å². The van der Waals surface area contributed by atoms with E-state index in [1.165, 1.54) is 4.80 Å². The maximum Gasteiger partial charge on any atom is 0.319 e. The monoisotopic (exact) mass is 416 g/mol. The van der Waals surface area contributed by atoms with Crippen molar-refractivity contribution in [2.45, 2.75) is 19.0 Å². The van der Waals surface area contributed by atoms with Crippen molar-refractivity contribution in [3.05, 3.63) is 64.9 Å². The Hall–Kier alpha value is -3.17. The van der Waals surface area contributed by atoms with Crippen LogP contribution in [0.1, 0.15) is 17.4 Å². The zero-order valence-corrected chi connectivity index (χ0v) is 16.5. The number of tetrazole rings is 1. The van der Waals surface area contributed by atoms with Crippen molar-refractivity contribution in [1.29, 1.82) is 0 Å². The molecular formula is C19H21ClN6O3. The fourth-order valence-corrected chi connectivity index (χ4v) is 2.77. The lowest BCUT2D eigenvalue weighted by molar-refractivity contribution is 0.247. The lowest BCUT2D eigenvalue weighted by Gasteiger charge is -2.16. The zero-order valence-electron chi connectivity index (χ0n) is 15.7. The van der Waals surface area contributed by atoms with E-state index < -0.39 is 12.1 Å². The number of methoxy groups -OCH3 is 1. The molecule has 0 aliphatic rings. The van der Waals surface area contributed by atoms with E-state index in [1.54, 1.807) is 31.4 Å². The molecule has 0 saturated heterocycles. The topological polar surface area (TPSA) is 114 Å². The minimum atomic E-state index is -0.525. The zero-order chi connectivity index (χ0) is 20.6. The summed E-state index contributed by atoms with van der Waals surface area (Å²) in [6.07, 6.45) is 0.447. The number of benzene rings is 2. The molecule has 0 aliphatic carbocycles. The molecule has 1 heterocycles. The number of hydrogen-bond donors (Lipinski definition) is 3. The molecule has 3 rings (SSSR count). The van der Waals surface area contributed by atoms with E-state index in [0.29, 0.717) is 23.0 Å². The molecule has 2 amide bonds. The number of hydrogen-bond acceptors (Lipinski definition) is 6. The summed E-state index contributed by atoms with van der Waals surface area (Å²) in [5.74, 6) is 1.09. The summed E-state index contributed by atoms with van der Waals surface area (Å²) in [5, 5.41) is 27.4. The largest absolute Gasteiger partial charge is 0.497 e. The predicted molar refractivity (Wildman–Crippen MR) is 108 cm³/mol. The number of amides is 2. The number of anilines is 1. The molecule has 29 heavy (non-hydrogen) atoms. The number of carbonyl (C=O) groups is 1. The average Bonchev–Trinajstić information content (AvgIpc) is 3.19. The van der Waals surface area contributed by atoms with Gasteiger partial charge in [-0.15, -0.1) is 10.2 Å². The molecule has 10 heteroatoms. The van der Waals surface area contributed by atoms with Crippen molar-refractivity contribution >= 4 is 23.3 Å². The summed E-state index contributed by atoms with van der Waals surface area (Å²) in [7, 11) is 1.60. The van der Waals surface area contributed by atoms with Gasteiger partial charge in [-0.3, -0.25) is 0 Å². The van der Waals surface area contributed by atoms with Gasteiger partial charge in [0, 0.05) is 17.1 Å². The summed E-state index contributed by atoms with van der Waals surface area (Å²) in [4.78, 5) is 13.8. The summed E-state index contributed by atoms with van der Waals surface area (Å²) < 4.78 is 5.18. The van der Waals surface area contributed by atoms with Gasteiger partial charge in [0.25, 0.3) is 0 Å². The van der Waals surface area contributed by atoms with Gasteiger partial charge in [-0.25, -0.2) is 4.79 Å². The second-order valence-electron chi connectivity index (χ2n) is 6.18. The molecule has 1 atom stereocenters. The molecular weight excluding hydrogens is 396 g/mol. The summed E-state index contributed by atoms with van der Waals surface area (Å²) in [6, 6.07) is 13.3. The highest BCUT2D eigenvalue weighted by Gasteiger charge is 2.21. The van der Waals surface area contributed by atoms with Crippen LogP contribution in [0.15, 0.2) is 48.5 Å². The number of nitrogens with one attached hydrogen (secondary N) is 2. The number of nitrogens with zero attached hydrogens (tertiary/aromatic N) is 4. The number of aromatic nitrogens is 4. The second-order valence-corrected chi connectivity index (χ2v) is 6.61. The molecule has 0 bridgehead atoms. The maximum absolute atomic E-state index is 12.5. The van der Waals surface area contributed by atoms with Crippen LogP contribution in [0.25, 0.3) is 0 Å². The summed E-state index contributed by atoms with van der Waals surface area (Å²) in [6.45, 7) is 0.114. The molecule has 2 aromatic carbocycles. The van der Waals surface area contributed by atoms with Gasteiger partial charge in [0.15, 0.2) is 5.82 Å². The van der Waals surface area contributed by atoms with Gasteiger partial charge in [-0.2, -0.15) is 4.80 Å². The van der Waals surface area contributed by atoms with Crippen LogP contribution in [0.2, 0.25) is 5.02 Å². The van der Waals surface area contributed by atoms with Crippen molar-refractivity contribution in [1.82, 2.24) is 25.5 Å². The Bertz CT molecular complexity index is 930. The Kier molecular flexibility index (Phi) is 6.99. The van der Waals surface area contributed by atoms with Gasteiger partial charge in [-0.05, 0) is 47.2 Å². The molecule has 3 N–H and O–H groups in total. The van der Waals surface area contributed by atoms with E-state index in [0.717, 1.165) is 11.3 Å². The molecule has 3 aromatic rings. The van der Waals surface area contributed by atoms with Crippen LogP contribution in [0, 0.1) is 0 Å². The third-order valence-corrected chi connectivity index (χ3v) is 4.34. The number of rotatable bonds is 8. The maximum atomic E-state index is 12.5. The van der Waals surface area contributed by atoms with E-state index >= 15 is 0 Å².